The predicted octanol–water partition coefficient (Wildman–Crippen LogP) is 3.40. The number of urea groups is 1. The molecular weight excluding hydrogens is 274 g/mol. The lowest BCUT2D eigenvalue weighted by Gasteiger charge is -2.38. The van der Waals surface area contributed by atoms with Crippen molar-refractivity contribution in [3.05, 3.63) is 59.9 Å². The summed E-state index contributed by atoms with van der Waals surface area (Å²) in [6.45, 7) is 7.57. The highest BCUT2D eigenvalue weighted by Crippen LogP contribution is 2.32. The van der Waals surface area contributed by atoms with Crippen LogP contribution in [0.25, 0.3) is 0 Å². The Morgan fingerprint density at radius 1 is 1.09 bits per heavy atom. The summed E-state index contributed by atoms with van der Waals surface area (Å²) < 4.78 is 2.23. The molecule has 1 atom stereocenters. The Kier molecular flexibility index (Phi) is 3.69. The standard InChI is InChI=1S/C18H23N3O/c1-18(2,3)19-17(22)21-13-12-20-11-7-10-15(20)16(21)14-8-5-4-6-9-14/h4-11,16H,12-13H2,1-3H3,(H,19,22). The Labute approximate surface area is 131 Å². The van der Waals surface area contributed by atoms with E-state index in [9.17, 15) is 4.79 Å². The van der Waals surface area contributed by atoms with Gasteiger partial charge in [-0.25, -0.2) is 4.79 Å². The van der Waals surface area contributed by atoms with Gasteiger partial charge in [-0.05, 0) is 38.5 Å². The fourth-order valence-electron chi connectivity index (χ4n) is 2.98. The topological polar surface area (TPSA) is 37.3 Å². The van der Waals surface area contributed by atoms with Gasteiger partial charge in [-0.15, -0.1) is 0 Å². The molecule has 1 aromatic carbocycles. The van der Waals surface area contributed by atoms with Crippen molar-refractivity contribution in [1.82, 2.24) is 14.8 Å². The van der Waals surface area contributed by atoms with Gasteiger partial charge < -0.3 is 14.8 Å². The second kappa shape index (κ2) is 5.52. The van der Waals surface area contributed by atoms with Crippen molar-refractivity contribution in [1.29, 1.82) is 0 Å². The molecule has 0 fully saturated rings. The number of amides is 2. The number of carbonyl (C=O) groups is 1. The molecular formula is C18H23N3O. The van der Waals surface area contributed by atoms with Crippen LogP contribution >= 0.6 is 0 Å². The zero-order valence-corrected chi connectivity index (χ0v) is 13.4. The van der Waals surface area contributed by atoms with E-state index in [0.717, 1.165) is 12.1 Å². The highest BCUT2D eigenvalue weighted by molar-refractivity contribution is 5.76. The molecule has 2 aromatic rings. The minimum Gasteiger partial charge on any atom is -0.348 e. The Bertz CT molecular complexity index is 654. The molecule has 116 valence electrons. The van der Waals surface area contributed by atoms with Gasteiger partial charge in [0.15, 0.2) is 0 Å². The number of hydrogen-bond acceptors (Lipinski definition) is 1. The molecule has 3 rings (SSSR count). The molecule has 0 radical (unpaired) electrons. The minimum absolute atomic E-state index is 0.00574. The van der Waals surface area contributed by atoms with Crippen molar-refractivity contribution in [2.75, 3.05) is 6.54 Å². The van der Waals surface area contributed by atoms with Gasteiger partial charge in [-0.1, -0.05) is 30.3 Å². The molecule has 1 unspecified atom stereocenters. The average molecular weight is 297 g/mol. The lowest BCUT2D eigenvalue weighted by Crippen LogP contribution is -2.52. The highest BCUT2D eigenvalue weighted by atomic mass is 16.2. The number of nitrogens with zero attached hydrogens (tertiary/aromatic N) is 2. The van der Waals surface area contributed by atoms with E-state index < -0.39 is 0 Å². The molecule has 0 saturated heterocycles. The predicted molar refractivity (Wildman–Crippen MR) is 87.7 cm³/mol. The highest BCUT2D eigenvalue weighted by Gasteiger charge is 2.33. The molecule has 1 aliphatic heterocycles. The monoisotopic (exact) mass is 297 g/mol. The van der Waals surface area contributed by atoms with Gasteiger partial charge in [0.2, 0.25) is 0 Å². The molecule has 0 spiro atoms. The van der Waals surface area contributed by atoms with Crippen LogP contribution in [0, 0.1) is 0 Å². The third-order valence-corrected chi connectivity index (χ3v) is 3.90. The van der Waals surface area contributed by atoms with Crippen LogP contribution < -0.4 is 5.32 Å². The third kappa shape index (κ3) is 2.86. The van der Waals surface area contributed by atoms with Gasteiger partial charge in [-0.2, -0.15) is 0 Å². The maximum Gasteiger partial charge on any atom is 0.318 e. The zero-order chi connectivity index (χ0) is 15.7. The minimum atomic E-state index is -0.238. The second-order valence-corrected chi connectivity index (χ2v) is 6.81. The summed E-state index contributed by atoms with van der Waals surface area (Å²) in [7, 11) is 0. The van der Waals surface area contributed by atoms with Gasteiger partial charge >= 0.3 is 6.03 Å². The number of benzene rings is 1. The molecule has 0 aliphatic carbocycles. The van der Waals surface area contributed by atoms with Crippen LogP contribution in [-0.2, 0) is 6.54 Å². The van der Waals surface area contributed by atoms with Crippen LogP contribution in [0.5, 0.6) is 0 Å². The van der Waals surface area contributed by atoms with Crippen LogP contribution in [0.1, 0.15) is 38.1 Å². The first-order valence-electron chi connectivity index (χ1n) is 7.74. The smallest absolute Gasteiger partial charge is 0.318 e. The van der Waals surface area contributed by atoms with Crippen LogP contribution in [0.4, 0.5) is 4.79 Å². The number of rotatable bonds is 1. The fraction of sp³-hybridized carbons (Fsp3) is 0.389. The normalized spacial score (nSPS) is 18.0. The first-order chi connectivity index (χ1) is 10.5. The van der Waals surface area contributed by atoms with Crippen molar-refractivity contribution in [3.8, 4) is 0 Å². The molecule has 2 amide bonds. The van der Waals surface area contributed by atoms with E-state index in [2.05, 4.69) is 40.3 Å². The molecule has 22 heavy (non-hydrogen) atoms. The van der Waals surface area contributed by atoms with E-state index in [4.69, 9.17) is 0 Å². The molecule has 2 heterocycles. The molecule has 4 heteroatoms. The quantitative estimate of drug-likeness (QED) is 0.860. The maximum atomic E-state index is 12.7. The van der Waals surface area contributed by atoms with Crippen LogP contribution in [0.15, 0.2) is 48.7 Å². The number of aromatic nitrogens is 1. The Hall–Kier alpha value is -2.23. The van der Waals surface area contributed by atoms with E-state index in [1.54, 1.807) is 0 Å². The van der Waals surface area contributed by atoms with Gasteiger partial charge in [0.25, 0.3) is 0 Å². The lowest BCUT2D eigenvalue weighted by atomic mass is 10.00. The number of fused-ring (bicyclic) bond motifs is 1. The van der Waals surface area contributed by atoms with Crippen molar-refractivity contribution >= 4 is 6.03 Å². The van der Waals surface area contributed by atoms with E-state index >= 15 is 0 Å². The molecule has 1 N–H and O–H groups in total. The number of hydrogen-bond donors (Lipinski definition) is 1. The van der Waals surface area contributed by atoms with Crippen molar-refractivity contribution in [2.24, 2.45) is 0 Å². The average Bonchev–Trinajstić information content (AvgIpc) is 2.93. The summed E-state index contributed by atoms with van der Waals surface area (Å²) in [6, 6.07) is 14.3. The SMILES string of the molecule is CC(C)(C)NC(=O)N1CCn2cccc2C1c1ccccc1. The largest absolute Gasteiger partial charge is 0.348 e. The van der Waals surface area contributed by atoms with Gasteiger partial charge in [0.05, 0.1) is 6.04 Å². The van der Waals surface area contributed by atoms with E-state index in [-0.39, 0.29) is 17.6 Å². The number of carbonyl (C=O) groups excluding carboxylic acids is 1. The van der Waals surface area contributed by atoms with Crippen molar-refractivity contribution in [2.45, 2.75) is 38.9 Å². The molecule has 1 aromatic heterocycles. The molecule has 4 nitrogen and oxygen atoms in total. The summed E-state index contributed by atoms with van der Waals surface area (Å²) in [5, 5.41) is 3.09. The van der Waals surface area contributed by atoms with E-state index in [1.807, 2.05) is 43.9 Å². The third-order valence-electron chi connectivity index (χ3n) is 3.90. The summed E-state index contributed by atoms with van der Waals surface area (Å²) >= 11 is 0. The first-order valence-corrected chi connectivity index (χ1v) is 7.74. The van der Waals surface area contributed by atoms with Crippen LogP contribution in [0.3, 0.4) is 0 Å². The van der Waals surface area contributed by atoms with Crippen molar-refractivity contribution in [3.63, 3.8) is 0 Å². The zero-order valence-electron chi connectivity index (χ0n) is 13.4. The Balaban J connectivity index is 1.97. The lowest BCUT2D eigenvalue weighted by molar-refractivity contribution is 0.161. The summed E-state index contributed by atoms with van der Waals surface area (Å²) in [5.74, 6) is 0. The second-order valence-electron chi connectivity index (χ2n) is 6.81. The molecule has 0 bridgehead atoms. The maximum absolute atomic E-state index is 12.7. The van der Waals surface area contributed by atoms with Crippen molar-refractivity contribution < 1.29 is 4.79 Å². The summed E-state index contributed by atoms with van der Waals surface area (Å²) in [4.78, 5) is 14.7. The van der Waals surface area contributed by atoms with E-state index in [0.29, 0.717) is 6.54 Å². The Morgan fingerprint density at radius 3 is 2.50 bits per heavy atom. The molecule has 1 aliphatic rings. The van der Waals surface area contributed by atoms with Crippen LogP contribution in [0.2, 0.25) is 0 Å². The van der Waals surface area contributed by atoms with Gasteiger partial charge in [-0.3, -0.25) is 0 Å². The summed E-state index contributed by atoms with van der Waals surface area (Å²) in [6.07, 6.45) is 2.09. The summed E-state index contributed by atoms with van der Waals surface area (Å²) in [5.41, 5.74) is 2.07. The first kappa shape index (κ1) is 14.7. The van der Waals surface area contributed by atoms with E-state index in [1.165, 1.54) is 5.69 Å². The van der Waals surface area contributed by atoms with Crippen LogP contribution in [-0.4, -0.2) is 27.6 Å². The fourth-order valence-corrected chi connectivity index (χ4v) is 2.98. The molecule has 0 saturated carbocycles. The Morgan fingerprint density at radius 2 is 1.82 bits per heavy atom. The number of nitrogens with one attached hydrogen (secondary N) is 1. The van der Waals surface area contributed by atoms with Gasteiger partial charge in [0.1, 0.15) is 0 Å². The van der Waals surface area contributed by atoms with Gasteiger partial charge in [0, 0.05) is 30.5 Å².